The molecule has 0 bridgehead atoms. The van der Waals surface area contributed by atoms with Crippen LogP contribution in [0.1, 0.15) is 24.3 Å². The predicted molar refractivity (Wildman–Crippen MR) is 91.6 cm³/mol. The van der Waals surface area contributed by atoms with Crippen molar-refractivity contribution < 1.29 is 4.42 Å². The zero-order valence-corrected chi connectivity index (χ0v) is 14.4. The normalized spacial score (nSPS) is 25.0. The number of hydrogen-bond donors (Lipinski definition) is 1. The molecule has 0 aliphatic carbocycles. The number of hydrogen-bond acceptors (Lipinski definition) is 5. The van der Waals surface area contributed by atoms with Gasteiger partial charge in [-0.05, 0) is 49.7 Å². The maximum absolute atomic E-state index is 5.85. The summed E-state index contributed by atoms with van der Waals surface area (Å²) in [6.07, 6.45) is 2.64. The lowest BCUT2D eigenvalue weighted by molar-refractivity contribution is 0.265. The van der Waals surface area contributed by atoms with Crippen molar-refractivity contribution in [2.24, 2.45) is 5.41 Å². The molecule has 0 amide bonds. The van der Waals surface area contributed by atoms with E-state index < -0.39 is 0 Å². The van der Waals surface area contributed by atoms with Crippen LogP contribution < -0.4 is 5.32 Å². The van der Waals surface area contributed by atoms with Gasteiger partial charge in [-0.1, -0.05) is 6.07 Å². The fraction of sp³-hybridized carbons (Fsp3) is 0.562. The number of aromatic nitrogens is 1. The molecule has 4 nitrogen and oxygen atoms in total. The molecule has 0 radical (unpaired) electrons. The zero-order valence-electron chi connectivity index (χ0n) is 12.8. The first-order valence-electron chi connectivity index (χ1n) is 7.67. The van der Waals surface area contributed by atoms with Crippen molar-refractivity contribution in [3.8, 4) is 10.8 Å². The van der Waals surface area contributed by atoms with Crippen molar-refractivity contribution in [2.45, 2.75) is 26.3 Å². The smallest absolute Gasteiger partial charge is 0.236 e. The highest BCUT2D eigenvalue weighted by molar-refractivity contribution is 7.13. The standard InChI is InChI=1S/C16H21N3OS.ClH/c1-12-13(18-15(20-12)14-3-2-8-21-14)9-19-7-5-16(11-19)4-6-17-10-16;/h2-3,8,17H,4-7,9-11H2,1H3;1H. The van der Waals surface area contributed by atoms with Gasteiger partial charge in [0.2, 0.25) is 5.89 Å². The third-order valence-corrected chi connectivity index (χ3v) is 5.71. The van der Waals surface area contributed by atoms with E-state index in [9.17, 15) is 0 Å². The number of nitrogens with zero attached hydrogens (tertiary/aromatic N) is 2. The number of likely N-dealkylation sites (tertiary alicyclic amines) is 1. The van der Waals surface area contributed by atoms with E-state index in [1.54, 1.807) is 11.3 Å². The summed E-state index contributed by atoms with van der Waals surface area (Å²) in [5, 5.41) is 5.58. The molecule has 2 saturated heterocycles. The van der Waals surface area contributed by atoms with Crippen LogP contribution >= 0.6 is 23.7 Å². The van der Waals surface area contributed by atoms with Crippen LogP contribution in [0.5, 0.6) is 0 Å². The summed E-state index contributed by atoms with van der Waals surface area (Å²) in [6, 6.07) is 4.10. The number of thiophene rings is 1. The molecule has 4 rings (SSSR count). The van der Waals surface area contributed by atoms with E-state index in [4.69, 9.17) is 9.40 Å². The van der Waals surface area contributed by atoms with E-state index in [2.05, 4.69) is 21.7 Å². The Balaban J connectivity index is 0.00000144. The molecule has 1 atom stereocenters. The average molecular weight is 340 g/mol. The molecule has 0 saturated carbocycles. The van der Waals surface area contributed by atoms with Gasteiger partial charge in [-0.3, -0.25) is 4.90 Å². The van der Waals surface area contributed by atoms with E-state index >= 15 is 0 Å². The van der Waals surface area contributed by atoms with Crippen molar-refractivity contribution in [3.63, 3.8) is 0 Å². The molecule has 2 aromatic heterocycles. The van der Waals surface area contributed by atoms with Crippen LogP contribution in [0, 0.1) is 12.3 Å². The molecule has 2 fully saturated rings. The summed E-state index contributed by atoms with van der Waals surface area (Å²) in [4.78, 5) is 8.37. The maximum atomic E-state index is 5.85. The van der Waals surface area contributed by atoms with Crippen LogP contribution in [0.15, 0.2) is 21.9 Å². The monoisotopic (exact) mass is 339 g/mol. The third kappa shape index (κ3) is 2.95. The topological polar surface area (TPSA) is 41.3 Å². The Morgan fingerprint density at radius 1 is 1.45 bits per heavy atom. The van der Waals surface area contributed by atoms with Gasteiger partial charge in [0.1, 0.15) is 5.76 Å². The van der Waals surface area contributed by atoms with Crippen LogP contribution in [0.4, 0.5) is 0 Å². The molecule has 6 heteroatoms. The second kappa shape index (κ2) is 6.32. The molecule has 2 aliphatic heterocycles. The maximum Gasteiger partial charge on any atom is 0.236 e. The number of rotatable bonds is 3. The number of oxazole rings is 1. The minimum Gasteiger partial charge on any atom is -0.440 e. The van der Waals surface area contributed by atoms with Crippen LogP contribution in [0.3, 0.4) is 0 Å². The summed E-state index contributed by atoms with van der Waals surface area (Å²) in [5.74, 6) is 1.73. The molecule has 22 heavy (non-hydrogen) atoms. The highest BCUT2D eigenvalue weighted by Crippen LogP contribution is 2.37. The Bertz CT molecular complexity index is 619. The van der Waals surface area contributed by atoms with E-state index in [1.165, 1.54) is 39.0 Å². The van der Waals surface area contributed by atoms with Crippen molar-refractivity contribution in [1.82, 2.24) is 15.2 Å². The highest BCUT2D eigenvalue weighted by Gasteiger charge is 2.40. The average Bonchev–Trinajstić information content (AvgIpc) is 3.22. The summed E-state index contributed by atoms with van der Waals surface area (Å²) in [5.41, 5.74) is 1.62. The van der Waals surface area contributed by atoms with Crippen molar-refractivity contribution in [2.75, 3.05) is 26.2 Å². The fourth-order valence-electron chi connectivity index (χ4n) is 3.60. The van der Waals surface area contributed by atoms with Crippen molar-refractivity contribution in [3.05, 3.63) is 29.0 Å². The molecule has 120 valence electrons. The van der Waals surface area contributed by atoms with E-state index in [-0.39, 0.29) is 12.4 Å². The van der Waals surface area contributed by atoms with Crippen molar-refractivity contribution in [1.29, 1.82) is 0 Å². The Kier molecular flexibility index (Phi) is 4.59. The molecule has 1 N–H and O–H groups in total. The Morgan fingerprint density at radius 2 is 2.36 bits per heavy atom. The summed E-state index contributed by atoms with van der Waals surface area (Å²) >= 11 is 1.68. The van der Waals surface area contributed by atoms with Crippen LogP contribution in [-0.2, 0) is 6.54 Å². The molecule has 2 aromatic rings. The van der Waals surface area contributed by atoms with Crippen molar-refractivity contribution >= 4 is 23.7 Å². The number of aryl methyl sites for hydroxylation is 1. The first-order valence-corrected chi connectivity index (χ1v) is 8.55. The van der Waals surface area contributed by atoms with Gasteiger partial charge in [0, 0.05) is 19.6 Å². The quantitative estimate of drug-likeness (QED) is 0.931. The Hall–Kier alpha value is -0.880. The van der Waals surface area contributed by atoms with Gasteiger partial charge in [-0.25, -0.2) is 4.98 Å². The van der Waals surface area contributed by atoms with Crippen LogP contribution in [0.25, 0.3) is 10.8 Å². The Morgan fingerprint density at radius 3 is 3.09 bits per heavy atom. The third-order valence-electron chi connectivity index (χ3n) is 4.85. The first-order chi connectivity index (χ1) is 10.2. The first kappa shape index (κ1) is 16.0. The lowest BCUT2D eigenvalue weighted by Crippen LogP contribution is -2.29. The molecule has 1 spiro atoms. The molecule has 1 unspecified atom stereocenters. The van der Waals surface area contributed by atoms with E-state index in [0.29, 0.717) is 5.41 Å². The van der Waals surface area contributed by atoms with E-state index in [0.717, 1.165) is 28.8 Å². The predicted octanol–water partition coefficient (Wildman–Crippen LogP) is 3.32. The summed E-state index contributed by atoms with van der Waals surface area (Å²) < 4.78 is 5.85. The molecule has 0 aromatic carbocycles. The van der Waals surface area contributed by atoms with Gasteiger partial charge in [0.25, 0.3) is 0 Å². The van der Waals surface area contributed by atoms with Gasteiger partial charge >= 0.3 is 0 Å². The lowest BCUT2D eigenvalue weighted by Gasteiger charge is -2.22. The molecular formula is C16H22ClN3OS. The SMILES string of the molecule is Cc1oc(-c2cccs2)nc1CN1CCC2(CCNC2)C1.Cl. The lowest BCUT2D eigenvalue weighted by atomic mass is 9.87. The van der Waals surface area contributed by atoms with Gasteiger partial charge in [0.05, 0.1) is 10.6 Å². The van der Waals surface area contributed by atoms with Gasteiger partial charge in [0.15, 0.2) is 0 Å². The molecule has 4 heterocycles. The second-order valence-electron chi connectivity index (χ2n) is 6.39. The molecule has 2 aliphatic rings. The van der Waals surface area contributed by atoms with Gasteiger partial charge in [-0.15, -0.1) is 23.7 Å². The fourth-order valence-corrected chi connectivity index (χ4v) is 4.25. The second-order valence-corrected chi connectivity index (χ2v) is 7.33. The highest BCUT2D eigenvalue weighted by atomic mass is 35.5. The van der Waals surface area contributed by atoms with Gasteiger partial charge < -0.3 is 9.73 Å². The number of nitrogens with one attached hydrogen (secondary N) is 1. The summed E-state index contributed by atoms with van der Waals surface area (Å²) in [7, 11) is 0. The van der Waals surface area contributed by atoms with Crippen LogP contribution in [-0.4, -0.2) is 36.1 Å². The minimum atomic E-state index is 0. The summed E-state index contributed by atoms with van der Waals surface area (Å²) in [6.45, 7) is 7.69. The Labute approximate surface area is 141 Å². The zero-order chi connectivity index (χ0) is 14.3. The largest absolute Gasteiger partial charge is 0.440 e. The molecular weight excluding hydrogens is 318 g/mol. The van der Waals surface area contributed by atoms with E-state index in [1.807, 2.05) is 13.0 Å². The minimum absolute atomic E-state index is 0. The number of halogens is 1. The van der Waals surface area contributed by atoms with Gasteiger partial charge in [-0.2, -0.15) is 0 Å². The van der Waals surface area contributed by atoms with Crippen LogP contribution in [0.2, 0.25) is 0 Å².